The topological polar surface area (TPSA) is 59.5 Å². The Balaban J connectivity index is 2.42. The fraction of sp³-hybridized carbons (Fsp3) is 0.615. The Hall–Kier alpha value is -1.05. The van der Waals surface area contributed by atoms with Crippen LogP contribution in [0.4, 0.5) is 4.39 Å². The number of sulfonamides is 1. The number of hydrogen-bond acceptors (Lipinski definition) is 4. The molecule has 1 aromatic rings. The van der Waals surface area contributed by atoms with Gasteiger partial charge in [-0.15, -0.1) is 0 Å². The summed E-state index contributed by atoms with van der Waals surface area (Å²) in [6, 6.07) is 2.46. The van der Waals surface area contributed by atoms with Crippen LogP contribution in [0.3, 0.4) is 0 Å². The lowest BCUT2D eigenvalue weighted by molar-refractivity contribution is -0.164. The Labute approximate surface area is 118 Å². The van der Waals surface area contributed by atoms with Gasteiger partial charge in [-0.3, -0.25) is 0 Å². The van der Waals surface area contributed by atoms with Gasteiger partial charge >= 0.3 is 0 Å². The molecule has 2 heterocycles. The van der Waals surface area contributed by atoms with Crippen molar-refractivity contribution >= 4 is 10.0 Å². The minimum atomic E-state index is -3.97. The van der Waals surface area contributed by atoms with Gasteiger partial charge in [0.05, 0.1) is 11.2 Å². The van der Waals surface area contributed by atoms with Crippen LogP contribution in [0.25, 0.3) is 0 Å². The molecule has 1 saturated heterocycles. The van der Waals surface area contributed by atoms with Crippen molar-refractivity contribution in [2.45, 2.75) is 43.9 Å². The number of aromatic nitrogens is 1. The Morgan fingerprint density at radius 2 is 1.80 bits per heavy atom. The summed E-state index contributed by atoms with van der Waals surface area (Å²) in [5.74, 6) is -0.838. The maximum Gasteiger partial charge on any atom is 0.263 e. The molecule has 20 heavy (non-hydrogen) atoms. The van der Waals surface area contributed by atoms with Crippen LogP contribution >= 0.6 is 0 Å². The van der Waals surface area contributed by atoms with Gasteiger partial charge in [-0.1, -0.05) is 0 Å². The second kappa shape index (κ2) is 4.75. The van der Waals surface area contributed by atoms with Crippen molar-refractivity contribution in [1.82, 2.24) is 9.29 Å². The number of ether oxygens (including phenoxy) is 1. The maximum absolute atomic E-state index is 13.7. The van der Waals surface area contributed by atoms with Crippen molar-refractivity contribution < 1.29 is 17.5 Å². The highest BCUT2D eigenvalue weighted by atomic mass is 32.2. The highest BCUT2D eigenvalue weighted by Crippen LogP contribution is 2.31. The summed E-state index contributed by atoms with van der Waals surface area (Å²) in [6.45, 7) is 7.57. The van der Waals surface area contributed by atoms with Crippen molar-refractivity contribution in [3.05, 3.63) is 24.1 Å². The lowest BCUT2D eigenvalue weighted by atomic mass is 10.0. The van der Waals surface area contributed by atoms with E-state index in [2.05, 4.69) is 4.98 Å². The summed E-state index contributed by atoms with van der Waals surface area (Å²) < 4.78 is 45.9. The molecule has 0 N–H and O–H groups in total. The first-order valence-electron chi connectivity index (χ1n) is 6.34. The molecule has 0 bridgehead atoms. The zero-order valence-electron chi connectivity index (χ0n) is 12.1. The van der Waals surface area contributed by atoms with E-state index in [0.29, 0.717) is 0 Å². The largest absolute Gasteiger partial charge is 0.367 e. The van der Waals surface area contributed by atoms with Crippen molar-refractivity contribution in [2.75, 3.05) is 13.1 Å². The van der Waals surface area contributed by atoms with Gasteiger partial charge in [0.15, 0.2) is 5.82 Å². The molecule has 0 spiro atoms. The van der Waals surface area contributed by atoms with E-state index in [9.17, 15) is 12.8 Å². The molecule has 1 fully saturated rings. The Morgan fingerprint density at radius 3 is 2.30 bits per heavy atom. The Morgan fingerprint density at radius 1 is 1.25 bits per heavy atom. The molecule has 2 rings (SSSR count). The van der Waals surface area contributed by atoms with Gasteiger partial charge in [0.2, 0.25) is 5.03 Å². The average molecular weight is 302 g/mol. The molecule has 1 aromatic heterocycles. The van der Waals surface area contributed by atoms with Crippen LogP contribution in [-0.4, -0.2) is 42.0 Å². The minimum Gasteiger partial charge on any atom is -0.367 e. The average Bonchev–Trinajstić information content (AvgIpc) is 2.25. The van der Waals surface area contributed by atoms with Crippen molar-refractivity contribution in [3.63, 3.8) is 0 Å². The standard InChI is InChI=1S/C13H19FN2O3S/c1-12(2)8-16(9-13(3,4)19-12)20(17,18)11-10(14)6-5-7-15-11/h5-7H,8-9H2,1-4H3. The predicted molar refractivity (Wildman–Crippen MR) is 72.2 cm³/mol. The first-order valence-corrected chi connectivity index (χ1v) is 7.78. The number of hydrogen-bond donors (Lipinski definition) is 0. The SMILES string of the molecule is CC1(C)CN(S(=O)(=O)c2ncccc2F)CC(C)(C)O1. The number of rotatable bonds is 2. The molecule has 0 aromatic carbocycles. The second-order valence-corrected chi connectivity index (χ2v) is 8.04. The van der Waals surface area contributed by atoms with Gasteiger partial charge in [-0.25, -0.2) is 17.8 Å². The second-order valence-electron chi connectivity index (χ2n) is 6.18. The van der Waals surface area contributed by atoms with E-state index in [0.717, 1.165) is 6.07 Å². The quantitative estimate of drug-likeness (QED) is 0.836. The molecular formula is C13H19FN2O3S. The molecule has 0 aliphatic carbocycles. The van der Waals surface area contributed by atoms with E-state index in [1.807, 2.05) is 27.7 Å². The van der Waals surface area contributed by atoms with E-state index in [1.165, 1.54) is 16.6 Å². The number of morpholine rings is 1. The van der Waals surface area contributed by atoms with Crippen LogP contribution in [-0.2, 0) is 14.8 Å². The maximum atomic E-state index is 13.7. The normalized spacial score (nSPS) is 22.6. The van der Waals surface area contributed by atoms with Crippen molar-refractivity contribution in [1.29, 1.82) is 0 Å². The lowest BCUT2D eigenvalue weighted by Gasteiger charge is -2.46. The fourth-order valence-corrected chi connectivity index (χ4v) is 4.29. The zero-order valence-corrected chi connectivity index (χ0v) is 12.9. The van der Waals surface area contributed by atoms with Crippen LogP contribution < -0.4 is 0 Å². The molecule has 1 aliphatic heterocycles. The zero-order chi connectivity index (χ0) is 15.2. The molecule has 0 atom stereocenters. The smallest absolute Gasteiger partial charge is 0.263 e. The molecule has 0 unspecified atom stereocenters. The van der Waals surface area contributed by atoms with E-state index < -0.39 is 32.1 Å². The third-order valence-corrected chi connectivity index (χ3v) is 4.70. The molecule has 5 nitrogen and oxygen atoms in total. The summed E-state index contributed by atoms with van der Waals surface area (Å²) in [5.41, 5.74) is -1.28. The number of pyridine rings is 1. The van der Waals surface area contributed by atoms with Crippen LogP contribution in [0.2, 0.25) is 0 Å². The van der Waals surface area contributed by atoms with Crippen LogP contribution in [0.15, 0.2) is 23.4 Å². The van der Waals surface area contributed by atoms with E-state index >= 15 is 0 Å². The molecule has 7 heteroatoms. The first kappa shape index (κ1) is 15.3. The summed E-state index contributed by atoms with van der Waals surface area (Å²) >= 11 is 0. The van der Waals surface area contributed by atoms with Crippen LogP contribution in [0.1, 0.15) is 27.7 Å². The molecule has 1 aliphatic rings. The third kappa shape index (κ3) is 2.99. The number of nitrogens with zero attached hydrogens (tertiary/aromatic N) is 2. The van der Waals surface area contributed by atoms with Gasteiger partial charge in [-0.05, 0) is 39.8 Å². The molecular weight excluding hydrogens is 283 g/mol. The third-order valence-electron chi connectivity index (χ3n) is 2.98. The molecule has 0 amide bonds. The van der Waals surface area contributed by atoms with Gasteiger partial charge in [0.1, 0.15) is 0 Å². The molecule has 112 valence electrons. The first-order chi connectivity index (χ1) is 9.04. The van der Waals surface area contributed by atoms with Gasteiger partial charge in [0, 0.05) is 19.3 Å². The molecule has 0 saturated carbocycles. The van der Waals surface area contributed by atoms with E-state index in [4.69, 9.17) is 4.74 Å². The highest BCUT2D eigenvalue weighted by Gasteiger charge is 2.44. The van der Waals surface area contributed by atoms with Crippen molar-refractivity contribution in [2.24, 2.45) is 0 Å². The number of halogens is 1. The monoisotopic (exact) mass is 302 g/mol. The van der Waals surface area contributed by atoms with Crippen LogP contribution in [0.5, 0.6) is 0 Å². The van der Waals surface area contributed by atoms with Crippen molar-refractivity contribution in [3.8, 4) is 0 Å². The van der Waals surface area contributed by atoms with Crippen LogP contribution in [0, 0.1) is 5.82 Å². The lowest BCUT2D eigenvalue weighted by Crippen LogP contribution is -2.58. The van der Waals surface area contributed by atoms with Gasteiger partial charge < -0.3 is 4.74 Å². The highest BCUT2D eigenvalue weighted by molar-refractivity contribution is 7.89. The van der Waals surface area contributed by atoms with Gasteiger partial charge in [0.25, 0.3) is 10.0 Å². The van der Waals surface area contributed by atoms with Gasteiger partial charge in [-0.2, -0.15) is 4.31 Å². The van der Waals surface area contributed by atoms with E-state index in [1.54, 1.807) is 0 Å². The fourth-order valence-electron chi connectivity index (χ4n) is 2.57. The summed E-state index contributed by atoms with van der Waals surface area (Å²) in [4.78, 5) is 3.68. The summed E-state index contributed by atoms with van der Waals surface area (Å²) in [7, 11) is -3.97. The Kier molecular flexibility index (Phi) is 3.64. The minimum absolute atomic E-state index is 0.161. The predicted octanol–water partition coefficient (Wildman–Crippen LogP) is 1.80. The van der Waals surface area contributed by atoms with E-state index in [-0.39, 0.29) is 13.1 Å². The summed E-state index contributed by atoms with van der Waals surface area (Å²) in [5, 5.41) is -0.534. The summed E-state index contributed by atoms with van der Waals surface area (Å²) in [6.07, 6.45) is 1.27. The molecule has 0 radical (unpaired) electrons. The Bertz CT molecular complexity index is 598.